The van der Waals surface area contributed by atoms with Crippen molar-refractivity contribution in [2.24, 2.45) is 5.92 Å². The van der Waals surface area contributed by atoms with Gasteiger partial charge in [0.05, 0.1) is 0 Å². The van der Waals surface area contributed by atoms with Crippen LogP contribution >= 0.6 is 11.8 Å². The first-order chi connectivity index (χ1) is 7.22. The highest BCUT2D eigenvalue weighted by Crippen LogP contribution is 2.39. The summed E-state index contributed by atoms with van der Waals surface area (Å²) in [5.74, 6) is 1.53. The van der Waals surface area contributed by atoms with E-state index in [2.05, 4.69) is 19.2 Å². The minimum Gasteiger partial charge on any atom is -0.310 e. The predicted octanol–water partition coefficient (Wildman–Crippen LogP) is 3.22. The topological polar surface area (TPSA) is 12.0 Å². The summed E-state index contributed by atoms with van der Waals surface area (Å²) in [6.45, 7) is 5.31. The Hall–Kier alpha value is -0.540. The van der Waals surface area contributed by atoms with Crippen molar-refractivity contribution in [3.63, 3.8) is 0 Å². The Morgan fingerprint density at radius 1 is 1.53 bits per heavy atom. The number of fused-ring (bicyclic) bond motifs is 1. The molecule has 15 heavy (non-hydrogen) atoms. The van der Waals surface area contributed by atoms with Crippen LogP contribution in [0.2, 0.25) is 0 Å². The fraction of sp³-hybridized carbons (Fsp3) is 0.500. The molecule has 3 heteroatoms. The monoisotopic (exact) mass is 225 g/mol. The third-order valence-corrected chi connectivity index (χ3v) is 4.16. The van der Waals surface area contributed by atoms with Gasteiger partial charge in [0.15, 0.2) is 0 Å². The van der Waals surface area contributed by atoms with Gasteiger partial charge in [-0.3, -0.25) is 0 Å². The van der Waals surface area contributed by atoms with Gasteiger partial charge in [0.1, 0.15) is 5.82 Å². The molecule has 1 nitrogen and oxygen atoms in total. The number of thioether (sulfide) groups is 1. The Kier molecular flexibility index (Phi) is 3.32. The van der Waals surface area contributed by atoms with Crippen LogP contribution in [0.4, 0.5) is 4.39 Å². The van der Waals surface area contributed by atoms with Gasteiger partial charge < -0.3 is 5.32 Å². The molecule has 0 fully saturated rings. The lowest BCUT2D eigenvalue weighted by atomic mass is 9.95. The Morgan fingerprint density at radius 2 is 2.33 bits per heavy atom. The fourth-order valence-electron chi connectivity index (χ4n) is 2.05. The smallest absolute Gasteiger partial charge is 0.124 e. The van der Waals surface area contributed by atoms with E-state index >= 15 is 0 Å². The molecule has 2 rings (SSSR count). The van der Waals surface area contributed by atoms with Crippen molar-refractivity contribution in [3.8, 4) is 0 Å². The number of halogens is 1. The van der Waals surface area contributed by atoms with E-state index in [4.69, 9.17) is 0 Å². The second kappa shape index (κ2) is 4.54. The average Bonchev–Trinajstić information content (AvgIpc) is 2.22. The SMILES string of the molecule is CCNC1c2ccc(F)cc2SCC1C. The molecule has 2 atom stereocenters. The lowest BCUT2D eigenvalue weighted by molar-refractivity contribution is 0.415. The molecule has 0 saturated heterocycles. The van der Waals surface area contributed by atoms with E-state index in [1.807, 2.05) is 6.07 Å². The Bertz CT molecular complexity index is 353. The molecular weight excluding hydrogens is 209 g/mol. The first kappa shape index (κ1) is 11.0. The number of hydrogen-bond acceptors (Lipinski definition) is 2. The van der Waals surface area contributed by atoms with Crippen LogP contribution in [-0.4, -0.2) is 12.3 Å². The van der Waals surface area contributed by atoms with Gasteiger partial charge in [0.2, 0.25) is 0 Å². The van der Waals surface area contributed by atoms with Crippen LogP contribution in [0.5, 0.6) is 0 Å². The fourth-order valence-corrected chi connectivity index (χ4v) is 3.24. The van der Waals surface area contributed by atoms with Gasteiger partial charge in [-0.25, -0.2) is 4.39 Å². The third-order valence-electron chi connectivity index (χ3n) is 2.81. The van der Waals surface area contributed by atoms with Crippen molar-refractivity contribution in [1.29, 1.82) is 0 Å². The van der Waals surface area contributed by atoms with Crippen molar-refractivity contribution in [2.45, 2.75) is 24.8 Å². The first-order valence-electron chi connectivity index (χ1n) is 5.38. The molecule has 1 aromatic rings. The summed E-state index contributed by atoms with van der Waals surface area (Å²) in [7, 11) is 0. The summed E-state index contributed by atoms with van der Waals surface area (Å²) in [6, 6.07) is 5.50. The number of hydrogen-bond donors (Lipinski definition) is 1. The van der Waals surface area contributed by atoms with E-state index in [9.17, 15) is 4.39 Å². The second-order valence-corrected chi connectivity index (χ2v) is 5.07. The van der Waals surface area contributed by atoms with Crippen molar-refractivity contribution in [3.05, 3.63) is 29.6 Å². The van der Waals surface area contributed by atoms with E-state index < -0.39 is 0 Å². The maximum absolute atomic E-state index is 13.1. The molecule has 0 spiro atoms. The third kappa shape index (κ3) is 2.18. The maximum atomic E-state index is 13.1. The molecule has 1 aromatic carbocycles. The standard InChI is InChI=1S/C12H16FNS/c1-3-14-12-8(2)7-15-11-6-9(13)4-5-10(11)12/h4-6,8,12,14H,3,7H2,1-2H3. The molecule has 2 unspecified atom stereocenters. The van der Waals surface area contributed by atoms with Crippen molar-refractivity contribution >= 4 is 11.8 Å². The summed E-state index contributed by atoms with van der Waals surface area (Å²) >= 11 is 1.76. The largest absolute Gasteiger partial charge is 0.310 e. The zero-order valence-corrected chi connectivity index (χ0v) is 9.90. The quantitative estimate of drug-likeness (QED) is 0.829. The minimum absolute atomic E-state index is 0.133. The Labute approximate surface area is 94.5 Å². The molecule has 1 heterocycles. The van der Waals surface area contributed by atoms with Gasteiger partial charge in [-0.05, 0) is 30.2 Å². The summed E-state index contributed by atoms with van der Waals surface area (Å²) in [5.41, 5.74) is 1.25. The molecule has 82 valence electrons. The van der Waals surface area contributed by atoms with Gasteiger partial charge in [0, 0.05) is 16.7 Å². The van der Waals surface area contributed by atoms with Gasteiger partial charge in [-0.2, -0.15) is 0 Å². The number of nitrogens with one attached hydrogen (secondary N) is 1. The molecule has 1 aliphatic rings. The summed E-state index contributed by atoms with van der Waals surface area (Å²) in [5, 5.41) is 3.47. The van der Waals surface area contributed by atoms with Gasteiger partial charge in [-0.15, -0.1) is 11.8 Å². The molecule has 0 amide bonds. The van der Waals surface area contributed by atoms with Crippen LogP contribution in [-0.2, 0) is 0 Å². The van der Waals surface area contributed by atoms with Crippen LogP contribution < -0.4 is 5.32 Å². The van der Waals surface area contributed by atoms with Crippen LogP contribution in [0.1, 0.15) is 25.5 Å². The molecule has 0 aromatic heterocycles. The maximum Gasteiger partial charge on any atom is 0.124 e. The van der Waals surface area contributed by atoms with Gasteiger partial charge in [0.25, 0.3) is 0 Å². The molecule has 0 bridgehead atoms. The molecule has 0 radical (unpaired) electrons. The molecule has 0 saturated carbocycles. The van der Waals surface area contributed by atoms with E-state index in [1.165, 1.54) is 5.56 Å². The lowest BCUT2D eigenvalue weighted by Gasteiger charge is -2.31. The average molecular weight is 225 g/mol. The zero-order chi connectivity index (χ0) is 10.8. The molecule has 1 N–H and O–H groups in total. The van der Waals surface area contributed by atoms with Crippen LogP contribution in [0.25, 0.3) is 0 Å². The summed E-state index contributed by atoms with van der Waals surface area (Å²) < 4.78 is 13.1. The van der Waals surface area contributed by atoms with E-state index in [-0.39, 0.29) is 5.82 Å². The van der Waals surface area contributed by atoms with Crippen LogP contribution in [0.15, 0.2) is 23.1 Å². The van der Waals surface area contributed by atoms with Crippen molar-refractivity contribution < 1.29 is 4.39 Å². The predicted molar refractivity (Wildman–Crippen MR) is 62.7 cm³/mol. The van der Waals surface area contributed by atoms with Crippen molar-refractivity contribution in [1.82, 2.24) is 5.32 Å². The normalized spacial score (nSPS) is 25.0. The Balaban J connectivity index is 2.34. The first-order valence-corrected chi connectivity index (χ1v) is 6.36. The minimum atomic E-state index is -0.133. The highest BCUT2D eigenvalue weighted by Gasteiger charge is 2.26. The molecule has 1 aliphatic heterocycles. The summed E-state index contributed by atoms with van der Waals surface area (Å²) in [4.78, 5) is 1.10. The molecular formula is C12H16FNS. The van der Waals surface area contributed by atoms with Crippen LogP contribution in [0.3, 0.4) is 0 Å². The number of rotatable bonds is 2. The zero-order valence-electron chi connectivity index (χ0n) is 9.09. The summed E-state index contributed by atoms with van der Waals surface area (Å²) in [6.07, 6.45) is 0. The van der Waals surface area contributed by atoms with Crippen molar-refractivity contribution in [2.75, 3.05) is 12.3 Å². The second-order valence-electron chi connectivity index (χ2n) is 4.01. The number of benzene rings is 1. The van der Waals surface area contributed by atoms with Gasteiger partial charge >= 0.3 is 0 Å². The van der Waals surface area contributed by atoms with E-state index in [0.29, 0.717) is 12.0 Å². The van der Waals surface area contributed by atoms with E-state index in [0.717, 1.165) is 17.2 Å². The molecule has 0 aliphatic carbocycles. The highest BCUT2D eigenvalue weighted by molar-refractivity contribution is 7.99. The Morgan fingerprint density at radius 3 is 3.07 bits per heavy atom. The van der Waals surface area contributed by atoms with Crippen LogP contribution in [0, 0.1) is 11.7 Å². The van der Waals surface area contributed by atoms with E-state index in [1.54, 1.807) is 23.9 Å². The van der Waals surface area contributed by atoms with Gasteiger partial charge in [-0.1, -0.05) is 19.9 Å². The lowest BCUT2D eigenvalue weighted by Crippen LogP contribution is -2.30. The highest BCUT2D eigenvalue weighted by atomic mass is 32.2.